The minimum atomic E-state index is 0.278. The predicted molar refractivity (Wildman–Crippen MR) is 142 cm³/mol. The summed E-state index contributed by atoms with van der Waals surface area (Å²) in [6.07, 6.45) is 4.59. The van der Waals surface area contributed by atoms with E-state index in [9.17, 15) is 0 Å². The number of furan rings is 1. The number of fused-ring (bicyclic) bond motifs is 7. The highest BCUT2D eigenvalue weighted by molar-refractivity contribution is 6.22. The fourth-order valence-corrected chi connectivity index (χ4v) is 5.44. The molecule has 0 aliphatic carbocycles. The highest BCUT2D eigenvalue weighted by atomic mass is 16.3. The summed E-state index contributed by atoms with van der Waals surface area (Å²) in [5.74, 6) is 0. The fourth-order valence-electron chi connectivity index (χ4n) is 5.44. The van der Waals surface area contributed by atoms with Crippen molar-refractivity contribution in [3.05, 3.63) is 96.8 Å². The van der Waals surface area contributed by atoms with Gasteiger partial charge in [-0.15, -0.1) is 0 Å². The van der Waals surface area contributed by atoms with Crippen molar-refractivity contribution >= 4 is 49.4 Å². The van der Waals surface area contributed by atoms with Crippen molar-refractivity contribution in [1.29, 1.82) is 0 Å². The monoisotopic (exact) mass is 443 g/mol. The van der Waals surface area contributed by atoms with E-state index in [-0.39, 0.29) is 6.17 Å². The average Bonchev–Trinajstić information content (AvgIpc) is 3.50. The van der Waals surface area contributed by atoms with Gasteiger partial charge in [0, 0.05) is 52.4 Å². The minimum Gasteiger partial charge on any atom is -0.454 e. The molecule has 2 aromatic heterocycles. The molecule has 1 aliphatic rings. The molecule has 4 nitrogen and oxygen atoms in total. The first-order chi connectivity index (χ1) is 16.6. The van der Waals surface area contributed by atoms with Crippen molar-refractivity contribution < 1.29 is 4.42 Å². The van der Waals surface area contributed by atoms with E-state index in [4.69, 9.17) is 4.42 Å². The van der Waals surface area contributed by atoms with Gasteiger partial charge in [0.05, 0.1) is 11.0 Å². The normalized spacial score (nSPS) is 16.1. The lowest BCUT2D eigenvalue weighted by Gasteiger charge is -2.28. The molecule has 0 fully saturated rings. The Morgan fingerprint density at radius 3 is 2.32 bits per heavy atom. The quantitative estimate of drug-likeness (QED) is 0.276. The number of para-hydroxylation sites is 2. The molecule has 0 radical (unpaired) electrons. The van der Waals surface area contributed by atoms with Gasteiger partial charge < -0.3 is 18.8 Å². The van der Waals surface area contributed by atoms with Gasteiger partial charge in [0.15, 0.2) is 5.58 Å². The van der Waals surface area contributed by atoms with Crippen molar-refractivity contribution in [3.63, 3.8) is 0 Å². The van der Waals surface area contributed by atoms with Crippen LogP contribution in [-0.2, 0) is 0 Å². The fraction of sp³-hybridized carbons (Fsp3) is 0.133. The van der Waals surface area contributed by atoms with Crippen LogP contribution in [0.25, 0.3) is 49.4 Å². The predicted octanol–water partition coefficient (Wildman–Crippen LogP) is 7.56. The number of aryl methyl sites for hydroxylation is 1. The van der Waals surface area contributed by atoms with E-state index in [2.05, 4.69) is 120 Å². The third kappa shape index (κ3) is 2.54. The van der Waals surface area contributed by atoms with Crippen LogP contribution in [0.4, 0.5) is 5.69 Å². The molecule has 4 aromatic carbocycles. The van der Waals surface area contributed by atoms with E-state index in [1.54, 1.807) is 0 Å². The Labute approximate surface area is 197 Å². The highest BCUT2D eigenvalue weighted by Crippen LogP contribution is 2.42. The number of aromatic nitrogens is 1. The number of hydrogen-bond acceptors (Lipinski definition) is 3. The molecule has 0 amide bonds. The zero-order valence-electron chi connectivity index (χ0n) is 19.5. The Kier molecular flexibility index (Phi) is 3.92. The van der Waals surface area contributed by atoms with Crippen LogP contribution < -0.4 is 4.90 Å². The molecular weight excluding hydrogens is 418 g/mol. The lowest BCUT2D eigenvalue weighted by molar-refractivity contribution is 0.383. The summed E-state index contributed by atoms with van der Waals surface area (Å²) in [7, 11) is 2.12. The van der Waals surface area contributed by atoms with Gasteiger partial charge in [-0.05, 0) is 55.8 Å². The summed E-state index contributed by atoms with van der Waals surface area (Å²) in [4.78, 5) is 4.58. The molecular formula is C30H25N3O. The summed E-state index contributed by atoms with van der Waals surface area (Å²) in [5.41, 5.74) is 7.79. The van der Waals surface area contributed by atoms with Crippen LogP contribution in [0.5, 0.6) is 0 Å². The summed E-state index contributed by atoms with van der Waals surface area (Å²) in [6, 6.07) is 28.0. The van der Waals surface area contributed by atoms with E-state index in [1.807, 2.05) is 6.07 Å². The van der Waals surface area contributed by atoms with Crippen LogP contribution in [0, 0.1) is 6.92 Å². The molecule has 0 unspecified atom stereocenters. The van der Waals surface area contributed by atoms with E-state index < -0.39 is 0 Å². The second-order valence-electron chi connectivity index (χ2n) is 9.27. The van der Waals surface area contributed by atoms with E-state index in [0.717, 1.165) is 33.1 Å². The van der Waals surface area contributed by atoms with Crippen LogP contribution in [0.3, 0.4) is 0 Å². The molecule has 0 N–H and O–H groups in total. The maximum atomic E-state index is 6.50. The van der Waals surface area contributed by atoms with Crippen molar-refractivity contribution in [2.45, 2.75) is 20.0 Å². The zero-order chi connectivity index (χ0) is 23.0. The Bertz CT molecular complexity index is 1760. The lowest BCUT2D eigenvalue weighted by atomic mass is 10.1. The van der Waals surface area contributed by atoms with Crippen LogP contribution in [0.2, 0.25) is 0 Å². The van der Waals surface area contributed by atoms with E-state index in [1.165, 1.54) is 27.5 Å². The second kappa shape index (κ2) is 6.91. The Morgan fingerprint density at radius 1 is 0.765 bits per heavy atom. The topological polar surface area (TPSA) is 24.6 Å². The van der Waals surface area contributed by atoms with Crippen LogP contribution >= 0.6 is 0 Å². The molecule has 34 heavy (non-hydrogen) atoms. The standard InChI is InChI=1S/C30H25N3O/c1-19-17-27-25(18-26(19)32-16-15-31(3)20(32)2)23-13-14-24-22-11-7-8-12-28(22)34-30(24)29(23)33(27)21-9-5-4-6-10-21/h4-18,20H,1-3H3/t20-/m0/s1. The number of rotatable bonds is 2. The maximum Gasteiger partial charge on any atom is 0.160 e. The smallest absolute Gasteiger partial charge is 0.160 e. The highest BCUT2D eigenvalue weighted by Gasteiger charge is 2.24. The molecule has 3 heterocycles. The molecule has 1 aliphatic heterocycles. The second-order valence-corrected chi connectivity index (χ2v) is 9.27. The van der Waals surface area contributed by atoms with E-state index >= 15 is 0 Å². The number of benzene rings is 4. The first-order valence-electron chi connectivity index (χ1n) is 11.7. The van der Waals surface area contributed by atoms with Gasteiger partial charge in [-0.1, -0.05) is 42.5 Å². The van der Waals surface area contributed by atoms with Gasteiger partial charge in [-0.25, -0.2) is 0 Å². The molecule has 0 spiro atoms. The molecule has 0 bridgehead atoms. The molecule has 0 saturated carbocycles. The first-order valence-corrected chi connectivity index (χ1v) is 11.7. The number of anilines is 1. The minimum absolute atomic E-state index is 0.278. The van der Waals surface area contributed by atoms with Crippen LogP contribution in [-0.4, -0.2) is 22.7 Å². The molecule has 1 atom stereocenters. The molecule has 6 aromatic rings. The Balaban J connectivity index is 1.63. The van der Waals surface area contributed by atoms with Gasteiger partial charge in [0.25, 0.3) is 0 Å². The van der Waals surface area contributed by atoms with Gasteiger partial charge in [-0.3, -0.25) is 0 Å². The third-order valence-corrected chi connectivity index (χ3v) is 7.34. The van der Waals surface area contributed by atoms with Crippen molar-refractivity contribution in [1.82, 2.24) is 9.47 Å². The zero-order valence-corrected chi connectivity index (χ0v) is 19.5. The average molecular weight is 444 g/mol. The van der Waals surface area contributed by atoms with Crippen molar-refractivity contribution in [2.24, 2.45) is 0 Å². The van der Waals surface area contributed by atoms with Crippen LogP contribution in [0.15, 0.2) is 95.7 Å². The van der Waals surface area contributed by atoms with Gasteiger partial charge >= 0.3 is 0 Å². The number of nitrogens with zero attached hydrogens (tertiary/aromatic N) is 3. The summed E-state index contributed by atoms with van der Waals surface area (Å²) in [5, 5.41) is 4.74. The number of hydrogen-bond donors (Lipinski definition) is 0. The Morgan fingerprint density at radius 2 is 1.53 bits per heavy atom. The van der Waals surface area contributed by atoms with Crippen molar-refractivity contribution in [3.8, 4) is 5.69 Å². The maximum absolute atomic E-state index is 6.50. The van der Waals surface area contributed by atoms with Gasteiger partial charge in [0.1, 0.15) is 11.7 Å². The van der Waals surface area contributed by atoms with Gasteiger partial charge in [0.2, 0.25) is 0 Å². The summed E-state index contributed by atoms with van der Waals surface area (Å²) < 4.78 is 8.86. The lowest BCUT2D eigenvalue weighted by Crippen LogP contribution is -2.33. The first kappa shape index (κ1) is 19.3. The van der Waals surface area contributed by atoms with E-state index in [0.29, 0.717) is 0 Å². The van der Waals surface area contributed by atoms with Crippen LogP contribution in [0.1, 0.15) is 12.5 Å². The third-order valence-electron chi connectivity index (χ3n) is 7.34. The summed E-state index contributed by atoms with van der Waals surface area (Å²) in [6.45, 7) is 4.44. The summed E-state index contributed by atoms with van der Waals surface area (Å²) >= 11 is 0. The van der Waals surface area contributed by atoms with Crippen molar-refractivity contribution in [2.75, 3.05) is 11.9 Å². The molecule has 4 heteroatoms. The molecule has 0 saturated heterocycles. The largest absolute Gasteiger partial charge is 0.454 e. The molecule has 7 rings (SSSR count). The molecule has 166 valence electrons. The SMILES string of the molecule is Cc1cc2c(cc1N1C=CN(C)[C@@H]1C)c1ccc3c4ccccc4oc3c1n2-c1ccccc1. The Hall–Kier alpha value is -4.18. The van der Waals surface area contributed by atoms with Gasteiger partial charge in [-0.2, -0.15) is 0 Å².